The molecule has 0 spiro atoms. The highest BCUT2D eigenvalue weighted by atomic mass is 35.5. The minimum absolute atomic E-state index is 0.0355. The summed E-state index contributed by atoms with van der Waals surface area (Å²) >= 11 is 5.94. The Hall–Kier alpha value is -2.75. The number of ether oxygens (including phenoxy) is 1. The molecule has 0 aliphatic rings. The molecule has 0 atom stereocenters. The van der Waals surface area contributed by atoms with Gasteiger partial charge in [0.1, 0.15) is 5.82 Å². The van der Waals surface area contributed by atoms with E-state index >= 15 is 0 Å². The maximum Gasteiger partial charge on any atom is 0.238 e. The van der Waals surface area contributed by atoms with Crippen LogP contribution < -0.4 is 15.2 Å². The molecule has 3 N–H and O–H groups in total. The zero-order chi connectivity index (χ0) is 20.5. The van der Waals surface area contributed by atoms with Gasteiger partial charge in [0.25, 0.3) is 0 Å². The molecule has 0 saturated heterocycles. The van der Waals surface area contributed by atoms with Crippen LogP contribution in [0.25, 0.3) is 10.8 Å². The number of anilines is 1. The van der Waals surface area contributed by atoms with Crippen molar-refractivity contribution in [2.75, 3.05) is 12.4 Å². The molecule has 3 rings (SSSR count). The lowest BCUT2D eigenvalue weighted by Crippen LogP contribution is -2.17. The van der Waals surface area contributed by atoms with Crippen molar-refractivity contribution in [2.45, 2.75) is 11.3 Å². The van der Waals surface area contributed by atoms with Crippen LogP contribution in [-0.2, 0) is 21.2 Å². The van der Waals surface area contributed by atoms with Gasteiger partial charge in [0.05, 0.1) is 18.4 Å². The molecule has 1 aromatic heterocycles. The van der Waals surface area contributed by atoms with Crippen molar-refractivity contribution in [3.63, 3.8) is 0 Å². The van der Waals surface area contributed by atoms with Gasteiger partial charge in [-0.25, -0.2) is 22.9 Å². The van der Waals surface area contributed by atoms with Gasteiger partial charge in [-0.3, -0.25) is 4.79 Å². The molecule has 2 aromatic carbocycles. The molecule has 10 heteroatoms. The minimum Gasteiger partial charge on any atom is -0.481 e. The Labute approximate surface area is 165 Å². The van der Waals surface area contributed by atoms with E-state index in [1.165, 1.54) is 49.7 Å². The number of rotatable bonds is 5. The number of amides is 1. The van der Waals surface area contributed by atoms with E-state index in [0.29, 0.717) is 10.8 Å². The molecule has 0 unspecified atom stereocenters. The summed E-state index contributed by atoms with van der Waals surface area (Å²) in [6, 6.07) is 8.29. The number of hydrogen-bond donors (Lipinski definition) is 2. The van der Waals surface area contributed by atoms with Crippen LogP contribution >= 0.6 is 11.6 Å². The van der Waals surface area contributed by atoms with Crippen LogP contribution in [0.4, 0.5) is 10.1 Å². The summed E-state index contributed by atoms with van der Waals surface area (Å²) < 4.78 is 43.1. The summed E-state index contributed by atoms with van der Waals surface area (Å²) in [4.78, 5) is 16.2. The van der Waals surface area contributed by atoms with Gasteiger partial charge in [-0.1, -0.05) is 17.7 Å². The van der Waals surface area contributed by atoms with Crippen molar-refractivity contribution in [1.82, 2.24) is 4.98 Å². The Morgan fingerprint density at radius 2 is 2.04 bits per heavy atom. The Bertz CT molecular complexity index is 1160. The Balaban J connectivity index is 2.02. The Morgan fingerprint density at radius 3 is 2.68 bits per heavy atom. The summed E-state index contributed by atoms with van der Waals surface area (Å²) in [5, 5.41) is 8.60. The summed E-state index contributed by atoms with van der Waals surface area (Å²) in [7, 11) is -2.72. The number of sulfonamides is 1. The molecule has 7 nitrogen and oxygen atoms in total. The number of benzene rings is 2. The standard InChI is InChI=1S/C18H15ClFN3O4S/c1-27-18-12-7-10(8-16(28(21,25)26)11(12)5-6-22-18)23-17(24)9-13-14(19)3-2-4-15(13)20/h2-8H,9H2,1H3,(H,23,24)(H2,21,25,26). The monoisotopic (exact) mass is 423 g/mol. The van der Waals surface area contributed by atoms with Gasteiger partial charge in [-0.15, -0.1) is 0 Å². The quantitative estimate of drug-likeness (QED) is 0.655. The fourth-order valence-corrected chi connectivity index (χ4v) is 3.77. The average Bonchev–Trinajstić information content (AvgIpc) is 2.63. The number of nitrogens with zero attached hydrogens (tertiary/aromatic N) is 1. The summed E-state index contributed by atoms with van der Waals surface area (Å²) in [5.41, 5.74) is 0.175. The molecule has 28 heavy (non-hydrogen) atoms. The number of hydrogen-bond acceptors (Lipinski definition) is 5. The predicted octanol–water partition coefficient (Wildman–Crippen LogP) is 2.86. The largest absolute Gasteiger partial charge is 0.481 e. The summed E-state index contributed by atoms with van der Waals surface area (Å²) in [5.74, 6) is -1.04. The first-order valence-electron chi connectivity index (χ1n) is 7.93. The van der Waals surface area contributed by atoms with Gasteiger partial charge in [0.2, 0.25) is 21.8 Å². The number of aromatic nitrogens is 1. The molecule has 0 saturated carbocycles. The first kappa shape index (κ1) is 20.0. The topological polar surface area (TPSA) is 111 Å². The van der Waals surface area contributed by atoms with Crippen LogP contribution in [-0.4, -0.2) is 26.4 Å². The van der Waals surface area contributed by atoms with Gasteiger partial charge in [0.15, 0.2) is 0 Å². The predicted molar refractivity (Wildman–Crippen MR) is 103 cm³/mol. The number of carbonyl (C=O) groups excluding carboxylic acids is 1. The van der Waals surface area contributed by atoms with Gasteiger partial charge < -0.3 is 10.1 Å². The molecule has 146 valence electrons. The fourth-order valence-electron chi connectivity index (χ4n) is 2.76. The summed E-state index contributed by atoms with van der Waals surface area (Å²) in [6.07, 6.45) is 1.05. The second-order valence-corrected chi connectivity index (χ2v) is 7.80. The lowest BCUT2D eigenvalue weighted by atomic mass is 10.1. The number of fused-ring (bicyclic) bond motifs is 1. The Kier molecular flexibility index (Phi) is 5.50. The second-order valence-electron chi connectivity index (χ2n) is 5.86. The number of nitrogens with two attached hydrogens (primary N) is 1. The second kappa shape index (κ2) is 7.70. The normalized spacial score (nSPS) is 11.4. The molecular weight excluding hydrogens is 409 g/mol. The molecule has 0 fully saturated rings. The van der Waals surface area contributed by atoms with Crippen LogP contribution in [0.3, 0.4) is 0 Å². The average molecular weight is 424 g/mol. The maximum atomic E-state index is 13.9. The van der Waals surface area contributed by atoms with Gasteiger partial charge in [-0.2, -0.15) is 0 Å². The number of primary sulfonamides is 1. The van der Waals surface area contributed by atoms with Crippen LogP contribution in [0.2, 0.25) is 5.02 Å². The molecular formula is C18H15ClFN3O4S. The lowest BCUT2D eigenvalue weighted by molar-refractivity contribution is -0.115. The smallest absolute Gasteiger partial charge is 0.238 e. The minimum atomic E-state index is -4.10. The summed E-state index contributed by atoms with van der Waals surface area (Å²) in [6.45, 7) is 0. The molecule has 0 aliphatic heterocycles. The number of nitrogens with one attached hydrogen (secondary N) is 1. The van der Waals surface area contributed by atoms with Crippen molar-refractivity contribution in [2.24, 2.45) is 5.14 Å². The van der Waals surface area contributed by atoms with Gasteiger partial charge in [0, 0.05) is 33.2 Å². The SMILES string of the molecule is COc1nccc2c(S(N)(=O)=O)cc(NC(=O)Cc3c(F)cccc3Cl)cc12. The lowest BCUT2D eigenvalue weighted by Gasteiger charge is -2.12. The van der Waals surface area contributed by atoms with Crippen molar-refractivity contribution in [1.29, 1.82) is 0 Å². The molecule has 3 aromatic rings. The van der Waals surface area contributed by atoms with Crippen LogP contribution in [0, 0.1) is 5.82 Å². The zero-order valence-corrected chi connectivity index (χ0v) is 16.1. The van der Waals surface area contributed by atoms with E-state index in [9.17, 15) is 17.6 Å². The van der Waals surface area contributed by atoms with E-state index in [-0.39, 0.29) is 33.5 Å². The van der Waals surface area contributed by atoms with Crippen molar-refractivity contribution < 1.29 is 22.3 Å². The molecule has 0 aliphatic carbocycles. The highest BCUT2D eigenvalue weighted by Gasteiger charge is 2.18. The van der Waals surface area contributed by atoms with E-state index in [1.54, 1.807) is 0 Å². The highest BCUT2D eigenvalue weighted by molar-refractivity contribution is 7.89. The first-order chi connectivity index (χ1) is 13.2. The van der Waals surface area contributed by atoms with E-state index in [1.807, 2.05) is 0 Å². The zero-order valence-electron chi connectivity index (χ0n) is 14.6. The van der Waals surface area contributed by atoms with Crippen molar-refractivity contribution in [3.8, 4) is 5.88 Å². The van der Waals surface area contributed by atoms with E-state index in [4.69, 9.17) is 21.5 Å². The molecule has 0 radical (unpaired) electrons. The number of halogens is 2. The fraction of sp³-hybridized carbons (Fsp3) is 0.111. The van der Waals surface area contributed by atoms with Crippen molar-refractivity contribution >= 4 is 44.0 Å². The third kappa shape index (κ3) is 4.06. The maximum absolute atomic E-state index is 13.9. The molecule has 1 heterocycles. The van der Waals surface area contributed by atoms with Gasteiger partial charge in [-0.05, 0) is 30.3 Å². The van der Waals surface area contributed by atoms with Crippen molar-refractivity contribution in [3.05, 3.63) is 59.0 Å². The third-order valence-electron chi connectivity index (χ3n) is 3.99. The van der Waals surface area contributed by atoms with E-state index in [0.717, 1.165) is 0 Å². The van der Waals surface area contributed by atoms with Crippen LogP contribution in [0.5, 0.6) is 5.88 Å². The first-order valence-corrected chi connectivity index (χ1v) is 9.85. The van der Waals surface area contributed by atoms with Crippen LogP contribution in [0.15, 0.2) is 47.5 Å². The molecule has 0 bridgehead atoms. The highest BCUT2D eigenvalue weighted by Crippen LogP contribution is 2.31. The van der Waals surface area contributed by atoms with Crippen LogP contribution in [0.1, 0.15) is 5.56 Å². The van der Waals surface area contributed by atoms with Gasteiger partial charge >= 0.3 is 0 Å². The number of carbonyl (C=O) groups is 1. The van der Waals surface area contributed by atoms with E-state index < -0.39 is 21.7 Å². The molecule has 1 amide bonds. The van der Waals surface area contributed by atoms with E-state index in [2.05, 4.69) is 10.3 Å². The Morgan fingerprint density at radius 1 is 1.29 bits per heavy atom. The number of methoxy groups -OCH3 is 1. The number of pyridine rings is 1. The third-order valence-corrected chi connectivity index (χ3v) is 5.29.